The van der Waals surface area contributed by atoms with Crippen molar-refractivity contribution < 1.29 is 4.48 Å². The van der Waals surface area contributed by atoms with Crippen molar-refractivity contribution in [1.29, 1.82) is 0 Å². The van der Waals surface area contributed by atoms with E-state index < -0.39 is 0 Å². The van der Waals surface area contributed by atoms with Gasteiger partial charge in [-0.25, -0.2) is 0 Å². The predicted molar refractivity (Wildman–Crippen MR) is 99.0 cm³/mol. The molecule has 0 atom stereocenters. The van der Waals surface area contributed by atoms with Crippen LogP contribution in [0.25, 0.3) is 10.9 Å². The first-order valence-electron chi connectivity index (χ1n) is 8.86. The highest BCUT2D eigenvalue weighted by molar-refractivity contribution is 5.85. The van der Waals surface area contributed by atoms with Gasteiger partial charge in [0, 0.05) is 47.0 Å². The summed E-state index contributed by atoms with van der Waals surface area (Å²) in [7, 11) is 4.68. The SMILES string of the molecule is Cc1ccc(CCn2c3c(c4ccccc42)C[N+](C)(C)CC3)cn1. The van der Waals surface area contributed by atoms with E-state index in [0.717, 1.165) is 29.7 Å². The van der Waals surface area contributed by atoms with Crippen LogP contribution < -0.4 is 0 Å². The quantitative estimate of drug-likeness (QED) is 0.673. The summed E-state index contributed by atoms with van der Waals surface area (Å²) in [5, 5.41) is 1.44. The molecule has 124 valence electrons. The van der Waals surface area contributed by atoms with Crippen molar-refractivity contribution in [3.63, 3.8) is 0 Å². The summed E-state index contributed by atoms with van der Waals surface area (Å²) in [4.78, 5) is 4.44. The summed E-state index contributed by atoms with van der Waals surface area (Å²) < 4.78 is 3.65. The van der Waals surface area contributed by atoms with Crippen LogP contribution in [0.4, 0.5) is 0 Å². The van der Waals surface area contributed by atoms with Gasteiger partial charge in [-0.3, -0.25) is 4.98 Å². The lowest BCUT2D eigenvalue weighted by Crippen LogP contribution is -2.43. The highest BCUT2D eigenvalue weighted by atomic mass is 15.3. The van der Waals surface area contributed by atoms with Crippen molar-refractivity contribution in [2.75, 3.05) is 20.6 Å². The molecule has 4 rings (SSSR count). The number of benzene rings is 1. The average Bonchev–Trinajstić information content (AvgIpc) is 2.87. The van der Waals surface area contributed by atoms with E-state index in [-0.39, 0.29) is 0 Å². The van der Waals surface area contributed by atoms with Gasteiger partial charge in [0.25, 0.3) is 0 Å². The molecule has 0 fully saturated rings. The first kappa shape index (κ1) is 15.4. The molecular formula is C21H26N3+. The van der Waals surface area contributed by atoms with Crippen molar-refractivity contribution in [1.82, 2.24) is 9.55 Å². The molecular weight excluding hydrogens is 294 g/mol. The number of aromatic nitrogens is 2. The van der Waals surface area contributed by atoms with Crippen LogP contribution in [0.2, 0.25) is 0 Å². The number of likely N-dealkylation sites (N-methyl/N-ethyl adjacent to an activating group) is 1. The van der Waals surface area contributed by atoms with E-state index in [1.54, 1.807) is 11.3 Å². The van der Waals surface area contributed by atoms with Gasteiger partial charge in [0.2, 0.25) is 0 Å². The van der Waals surface area contributed by atoms with Gasteiger partial charge in [0.15, 0.2) is 0 Å². The minimum Gasteiger partial charge on any atom is -0.344 e. The molecule has 3 aromatic rings. The Balaban J connectivity index is 1.71. The standard InChI is InChI=1S/C21H26N3/c1-16-8-9-17(14-22-16)10-12-23-20-7-5-4-6-18(20)19-15-24(2,3)13-11-21(19)23/h4-9,14H,10-13,15H2,1-3H3/q+1. The molecule has 0 radical (unpaired) electrons. The lowest BCUT2D eigenvalue weighted by Gasteiger charge is -2.34. The number of rotatable bonds is 3. The normalized spacial score (nSPS) is 16.3. The second-order valence-electron chi connectivity index (χ2n) is 7.72. The van der Waals surface area contributed by atoms with Crippen LogP contribution >= 0.6 is 0 Å². The molecule has 0 unspecified atom stereocenters. The predicted octanol–water partition coefficient (Wildman–Crippen LogP) is 3.72. The Kier molecular flexibility index (Phi) is 3.69. The smallest absolute Gasteiger partial charge is 0.106 e. The number of pyridine rings is 1. The fourth-order valence-electron chi connectivity index (χ4n) is 3.95. The Hall–Kier alpha value is -2.13. The zero-order valence-electron chi connectivity index (χ0n) is 14.9. The molecule has 2 aromatic heterocycles. The van der Waals surface area contributed by atoms with Crippen molar-refractivity contribution in [2.24, 2.45) is 0 Å². The number of hydrogen-bond acceptors (Lipinski definition) is 1. The van der Waals surface area contributed by atoms with Crippen LogP contribution in [0.1, 0.15) is 22.5 Å². The van der Waals surface area contributed by atoms with Gasteiger partial charge in [-0.15, -0.1) is 0 Å². The van der Waals surface area contributed by atoms with E-state index in [0.29, 0.717) is 0 Å². The maximum atomic E-state index is 4.44. The molecule has 3 nitrogen and oxygen atoms in total. The molecule has 0 N–H and O–H groups in total. The number of nitrogens with zero attached hydrogens (tertiary/aromatic N) is 3. The second kappa shape index (κ2) is 5.75. The lowest BCUT2D eigenvalue weighted by atomic mass is 10.0. The monoisotopic (exact) mass is 320 g/mol. The van der Waals surface area contributed by atoms with E-state index in [9.17, 15) is 0 Å². The second-order valence-corrected chi connectivity index (χ2v) is 7.72. The van der Waals surface area contributed by atoms with Crippen molar-refractivity contribution >= 4 is 10.9 Å². The zero-order valence-corrected chi connectivity index (χ0v) is 14.9. The Morgan fingerprint density at radius 1 is 1.12 bits per heavy atom. The molecule has 1 aliphatic rings. The van der Waals surface area contributed by atoms with Gasteiger partial charge in [-0.05, 0) is 31.0 Å². The van der Waals surface area contributed by atoms with Gasteiger partial charge >= 0.3 is 0 Å². The Bertz CT molecular complexity index is 872. The number of quaternary nitrogens is 1. The van der Waals surface area contributed by atoms with Crippen LogP contribution in [0.15, 0.2) is 42.6 Å². The van der Waals surface area contributed by atoms with Crippen LogP contribution in [-0.4, -0.2) is 34.7 Å². The zero-order chi connectivity index (χ0) is 16.7. The summed E-state index contributed by atoms with van der Waals surface area (Å²) in [5.41, 5.74) is 6.91. The highest BCUT2D eigenvalue weighted by Crippen LogP contribution is 2.32. The lowest BCUT2D eigenvalue weighted by molar-refractivity contribution is -0.905. The molecule has 1 aromatic carbocycles. The highest BCUT2D eigenvalue weighted by Gasteiger charge is 2.29. The molecule has 1 aliphatic heterocycles. The number of hydrogen-bond donors (Lipinski definition) is 0. The summed E-state index contributed by atoms with van der Waals surface area (Å²) in [5.74, 6) is 0. The fourth-order valence-corrected chi connectivity index (χ4v) is 3.95. The van der Waals surface area contributed by atoms with Gasteiger partial charge in [-0.2, -0.15) is 0 Å². The molecule has 24 heavy (non-hydrogen) atoms. The van der Waals surface area contributed by atoms with E-state index in [1.807, 2.05) is 13.1 Å². The maximum absolute atomic E-state index is 4.44. The largest absolute Gasteiger partial charge is 0.344 e. The first-order valence-corrected chi connectivity index (χ1v) is 8.86. The summed E-state index contributed by atoms with van der Waals surface area (Å²) >= 11 is 0. The van der Waals surface area contributed by atoms with Crippen LogP contribution in [0.5, 0.6) is 0 Å². The Morgan fingerprint density at radius 2 is 1.96 bits per heavy atom. The molecule has 0 saturated carbocycles. The van der Waals surface area contributed by atoms with Crippen molar-refractivity contribution in [3.05, 3.63) is 65.1 Å². The first-order chi connectivity index (χ1) is 11.5. The van der Waals surface area contributed by atoms with E-state index in [1.165, 1.54) is 29.4 Å². The molecule has 0 bridgehead atoms. The number of fused-ring (bicyclic) bond motifs is 3. The van der Waals surface area contributed by atoms with Crippen molar-refractivity contribution in [2.45, 2.75) is 32.9 Å². The molecule has 0 saturated heterocycles. The number of aryl methyl sites for hydroxylation is 3. The van der Waals surface area contributed by atoms with Crippen LogP contribution in [0.3, 0.4) is 0 Å². The summed E-state index contributed by atoms with van der Waals surface area (Å²) in [6.07, 6.45) is 4.23. The van der Waals surface area contributed by atoms with Crippen molar-refractivity contribution in [3.8, 4) is 0 Å². The van der Waals surface area contributed by atoms with Gasteiger partial charge in [0.05, 0.1) is 20.6 Å². The topological polar surface area (TPSA) is 17.8 Å². The third-order valence-electron chi connectivity index (χ3n) is 5.33. The minimum absolute atomic E-state index is 1.04. The van der Waals surface area contributed by atoms with E-state index in [2.05, 4.69) is 60.0 Å². The Labute approximate surface area is 144 Å². The average molecular weight is 320 g/mol. The Morgan fingerprint density at radius 3 is 2.75 bits per heavy atom. The van der Waals surface area contributed by atoms with Crippen LogP contribution in [-0.2, 0) is 25.9 Å². The maximum Gasteiger partial charge on any atom is 0.106 e. The van der Waals surface area contributed by atoms with E-state index in [4.69, 9.17) is 0 Å². The fraction of sp³-hybridized carbons (Fsp3) is 0.381. The third-order valence-corrected chi connectivity index (χ3v) is 5.33. The molecule has 3 heterocycles. The van der Waals surface area contributed by atoms with Gasteiger partial charge in [-0.1, -0.05) is 24.3 Å². The van der Waals surface area contributed by atoms with Crippen LogP contribution in [0, 0.1) is 6.92 Å². The molecule has 3 heteroatoms. The third kappa shape index (κ3) is 2.73. The summed E-state index contributed by atoms with van der Waals surface area (Å²) in [6, 6.07) is 13.2. The van der Waals surface area contributed by atoms with Gasteiger partial charge in [0.1, 0.15) is 6.54 Å². The van der Waals surface area contributed by atoms with Gasteiger partial charge < -0.3 is 9.05 Å². The number of para-hydroxylation sites is 1. The van der Waals surface area contributed by atoms with E-state index >= 15 is 0 Å². The summed E-state index contributed by atoms with van der Waals surface area (Å²) in [6.45, 7) is 5.43. The minimum atomic E-state index is 1.04. The molecule has 0 amide bonds. The molecule has 0 spiro atoms. The molecule has 0 aliphatic carbocycles.